The minimum atomic E-state index is -4.65. The zero-order valence-corrected chi connectivity index (χ0v) is 26.9. The Morgan fingerprint density at radius 1 is 1.21 bits per heavy atom. The number of methoxy groups -OCH3 is 1. The van der Waals surface area contributed by atoms with Gasteiger partial charge in [-0.05, 0) is 56.0 Å². The first-order valence-corrected chi connectivity index (χ1v) is 15.2. The molecule has 1 aromatic heterocycles. The second kappa shape index (κ2) is 13.5. The lowest BCUT2D eigenvalue weighted by Gasteiger charge is -2.38. The first kappa shape index (κ1) is 34.2. The largest absolute Gasteiger partial charge is 0.493 e. The number of carbonyl (C=O) groups excluding carboxylic acids is 2. The Labute approximate surface area is 272 Å². The van der Waals surface area contributed by atoms with Gasteiger partial charge in [0.15, 0.2) is 0 Å². The number of hydrogen-bond acceptors (Lipinski definition) is 8. The number of esters is 1. The highest BCUT2D eigenvalue weighted by atomic mass is 35.5. The Morgan fingerprint density at radius 2 is 1.96 bits per heavy atom. The van der Waals surface area contributed by atoms with Gasteiger partial charge in [-0.2, -0.15) is 13.2 Å². The number of nitrogens with zero attached hydrogens (tertiary/aromatic N) is 3. The summed E-state index contributed by atoms with van der Waals surface area (Å²) in [6.45, 7) is 3.17. The van der Waals surface area contributed by atoms with Gasteiger partial charge in [-0.1, -0.05) is 17.7 Å². The predicted octanol–water partition coefficient (Wildman–Crippen LogP) is 4.46. The second-order valence-corrected chi connectivity index (χ2v) is 11.8. The van der Waals surface area contributed by atoms with Crippen molar-refractivity contribution in [1.82, 2.24) is 14.9 Å². The summed E-state index contributed by atoms with van der Waals surface area (Å²) >= 11 is 6.28. The van der Waals surface area contributed by atoms with Gasteiger partial charge >= 0.3 is 12.1 Å². The van der Waals surface area contributed by atoms with Crippen molar-refractivity contribution in [2.75, 3.05) is 38.4 Å². The highest BCUT2D eigenvalue weighted by Gasteiger charge is 2.46. The summed E-state index contributed by atoms with van der Waals surface area (Å²) in [4.78, 5) is 44.8. The molecule has 3 aromatic rings. The molecule has 2 aliphatic heterocycles. The van der Waals surface area contributed by atoms with Crippen LogP contribution in [-0.2, 0) is 34.2 Å². The summed E-state index contributed by atoms with van der Waals surface area (Å²) < 4.78 is 73.7. The molecule has 1 fully saturated rings. The lowest BCUT2D eigenvalue weighted by Crippen LogP contribution is -2.53. The SMILES string of the molecule is COC(=O)[C@H](Cc1ccc(-c2nc(C)c(C)n(C)c2=O)c2c1CCCO2)NC(=O)c1c(F)cc(N2CCOC[C@@H]2C(F)(F)F)cc1Cl. The molecule has 0 unspecified atom stereocenters. The summed E-state index contributed by atoms with van der Waals surface area (Å²) in [7, 11) is 2.79. The summed E-state index contributed by atoms with van der Waals surface area (Å²) in [5.74, 6) is -2.61. The number of amides is 1. The first-order valence-electron chi connectivity index (χ1n) is 14.8. The molecule has 252 valence electrons. The van der Waals surface area contributed by atoms with Crippen molar-refractivity contribution >= 4 is 29.2 Å². The van der Waals surface area contributed by atoms with Crippen molar-refractivity contribution in [1.29, 1.82) is 0 Å². The van der Waals surface area contributed by atoms with Crippen LogP contribution in [0.25, 0.3) is 11.3 Å². The van der Waals surface area contributed by atoms with Gasteiger partial charge in [-0.25, -0.2) is 14.2 Å². The van der Waals surface area contributed by atoms with Gasteiger partial charge in [0.2, 0.25) is 0 Å². The number of alkyl halides is 3. The average molecular weight is 681 g/mol. The molecular formula is C32H33ClF4N4O6. The van der Waals surface area contributed by atoms with Crippen LogP contribution in [0.5, 0.6) is 5.75 Å². The lowest BCUT2D eigenvalue weighted by atomic mass is 9.91. The Hall–Kier alpha value is -4.17. The van der Waals surface area contributed by atoms with Crippen LogP contribution in [-0.4, -0.2) is 73.2 Å². The molecule has 0 bridgehead atoms. The van der Waals surface area contributed by atoms with Crippen LogP contribution >= 0.6 is 11.6 Å². The van der Waals surface area contributed by atoms with Gasteiger partial charge in [0.25, 0.3) is 11.5 Å². The van der Waals surface area contributed by atoms with Crippen LogP contribution in [0.1, 0.15) is 39.3 Å². The van der Waals surface area contributed by atoms with E-state index in [9.17, 15) is 27.6 Å². The van der Waals surface area contributed by atoms with Crippen molar-refractivity contribution < 1.29 is 41.4 Å². The zero-order chi connectivity index (χ0) is 34.2. The van der Waals surface area contributed by atoms with Crippen LogP contribution in [0.15, 0.2) is 29.1 Å². The van der Waals surface area contributed by atoms with Crippen molar-refractivity contribution in [3.8, 4) is 17.0 Å². The summed E-state index contributed by atoms with van der Waals surface area (Å²) in [6, 6.07) is 1.93. The number of halogens is 5. The zero-order valence-electron chi connectivity index (χ0n) is 26.1. The second-order valence-electron chi connectivity index (χ2n) is 11.4. The quantitative estimate of drug-likeness (QED) is 0.288. The molecule has 0 aliphatic carbocycles. The van der Waals surface area contributed by atoms with Gasteiger partial charge in [0.1, 0.15) is 29.3 Å². The van der Waals surface area contributed by atoms with Gasteiger partial charge < -0.3 is 29.0 Å². The van der Waals surface area contributed by atoms with E-state index >= 15 is 4.39 Å². The van der Waals surface area contributed by atoms with E-state index in [-0.39, 0.29) is 36.5 Å². The van der Waals surface area contributed by atoms with Crippen LogP contribution < -0.4 is 20.5 Å². The molecule has 3 heterocycles. The third-order valence-electron chi connectivity index (χ3n) is 8.55. The van der Waals surface area contributed by atoms with Crippen LogP contribution in [0, 0.1) is 19.7 Å². The molecule has 0 radical (unpaired) electrons. The minimum Gasteiger partial charge on any atom is -0.493 e. The van der Waals surface area contributed by atoms with E-state index < -0.39 is 53.1 Å². The average Bonchev–Trinajstić information content (AvgIpc) is 3.04. The van der Waals surface area contributed by atoms with Crippen LogP contribution in [0.2, 0.25) is 5.02 Å². The topological polar surface area (TPSA) is 112 Å². The van der Waals surface area contributed by atoms with E-state index in [1.54, 1.807) is 33.0 Å². The molecule has 0 saturated carbocycles. The number of benzene rings is 2. The minimum absolute atomic E-state index is 0.0115. The van der Waals surface area contributed by atoms with E-state index in [1.807, 2.05) is 0 Å². The molecule has 10 nitrogen and oxygen atoms in total. The Morgan fingerprint density at radius 3 is 2.64 bits per heavy atom. The van der Waals surface area contributed by atoms with Crippen LogP contribution in [0.3, 0.4) is 0 Å². The molecule has 5 rings (SSSR count). The molecular weight excluding hydrogens is 648 g/mol. The standard InChI is InChI=1S/C32H33ClF4N4O6/c1-16-17(2)40(3)30(43)27(38-16)21-8-7-18(20-6-5-10-47-28(20)21)12-24(31(44)45-4)39-29(42)26-22(33)13-19(14-23(26)34)41-9-11-46-15-25(41)32(35,36)37/h7-8,13-14,24-25H,5-6,9-12,15H2,1-4H3,(H,39,42)/t24-,25+/m0/s1. The maximum Gasteiger partial charge on any atom is 0.411 e. The van der Waals surface area contributed by atoms with Crippen molar-refractivity contribution in [2.45, 2.75) is 51.4 Å². The lowest BCUT2D eigenvalue weighted by molar-refractivity contribution is -0.167. The summed E-state index contributed by atoms with van der Waals surface area (Å²) in [6.07, 6.45) is -3.53. The van der Waals surface area contributed by atoms with E-state index in [1.165, 1.54) is 4.57 Å². The summed E-state index contributed by atoms with van der Waals surface area (Å²) in [5.41, 5.74) is 2.33. The number of hydrogen-bond donors (Lipinski definition) is 1. The molecule has 15 heteroatoms. The van der Waals surface area contributed by atoms with Gasteiger partial charge in [-0.3, -0.25) is 9.59 Å². The molecule has 1 saturated heterocycles. The number of nitrogens with one attached hydrogen (secondary N) is 1. The third kappa shape index (κ3) is 6.79. The smallest absolute Gasteiger partial charge is 0.411 e. The number of carbonyl (C=O) groups is 2. The number of aryl methyl sites for hydroxylation is 1. The Bertz CT molecular complexity index is 1760. The number of ether oxygens (including phenoxy) is 3. The predicted molar refractivity (Wildman–Crippen MR) is 165 cm³/mol. The highest BCUT2D eigenvalue weighted by molar-refractivity contribution is 6.34. The monoisotopic (exact) mass is 680 g/mol. The molecule has 2 aromatic carbocycles. The number of morpholine rings is 1. The fourth-order valence-electron chi connectivity index (χ4n) is 5.85. The first-order chi connectivity index (χ1) is 22.2. The number of rotatable bonds is 7. The van der Waals surface area contributed by atoms with Gasteiger partial charge in [0, 0.05) is 37.0 Å². The molecule has 1 N–H and O–H groups in total. The Balaban J connectivity index is 1.45. The molecule has 47 heavy (non-hydrogen) atoms. The summed E-state index contributed by atoms with van der Waals surface area (Å²) in [5, 5.41) is 2.03. The fourth-order valence-corrected chi connectivity index (χ4v) is 6.13. The molecule has 2 atom stereocenters. The van der Waals surface area contributed by atoms with Crippen LogP contribution in [0.4, 0.5) is 23.2 Å². The molecule has 1 amide bonds. The Kier molecular flexibility index (Phi) is 9.83. The van der Waals surface area contributed by atoms with E-state index in [0.717, 1.165) is 35.4 Å². The van der Waals surface area contributed by atoms with Gasteiger partial charge in [0.05, 0.1) is 43.2 Å². The van der Waals surface area contributed by atoms with Crippen molar-refractivity contribution in [3.63, 3.8) is 0 Å². The molecule has 2 aliphatic rings. The van der Waals surface area contributed by atoms with Crippen molar-refractivity contribution in [2.24, 2.45) is 7.05 Å². The van der Waals surface area contributed by atoms with Crippen molar-refractivity contribution in [3.05, 3.63) is 73.5 Å². The van der Waals surface area contributed by atoms with E-state index in [4.69, 9.17) is 25.8 Å². The van der Waals surface area contributed by atoms with E-state index in [0.29, 0.717) is 42.0 Å². The van der Waals surface area contributed by atoms with Gasteiger partial charge in [-0.15, -0.1) is 0 Å². The number of anilines is 1. The third-order valence-corrected chi connectivity index (χ3v) is 8.85. The maximum atomic E-state index is 15.4. The normalized spacial score (nSPS) is 17.0. The number of fused-ring (bicyclic) bond motifs is 1. The fraction of sp³-hybridized carbons (Fsp3) is 0.438. The maximum absolute atomic E-state index is 15.4. The number of aromatic nitrogens is 2. The molecule has 0 spiro atoms. The highest BCUT2D eigenvalue weighted by Crippen LogP contribution is 2.38. The van der Waals surface area contributed by atoms with E-state index in [2.05, 4.69) is 10.3 Å².